The van der Waals surface area contributed by atoms with Crippen molar-refractivity contribution in [3.05, 3.63) is 69.5 Å². The molecule has 0 atom stereocenters. The van der Waals surface area contributed by atoms with Crippen LogP contribution in [0.3, 0.4) is 0 Å². The molecule has 23 heavy (non-hydrogen) atoms. The van der Waals surface area contributed by atoms with E-state index in [-0.39, 0.29) is 5.56 Å². The molecule has 0 aliphatic heterocycles. The number of benzene rings is 1. The molecule has 3 aromatic heterocycles. The van der Waals surface area contributed by atoms with Gasteiger partial charge in [-0.1, -0.05) is 29.8 Å². The summed E-state index contributed by atoms with van der Waals surface area (Å²) in [4.78, 5) is 24.7. The third-order valence-corrected chi connectivity index (χ3v) is 4.74. The van der Waals surface area contributed by atoms with Crippen LogP contribution in [0.15, 0.2) is 59.0 Å². The Balaban J connectivity index is 1.95. The summed E-state index contributed by atoms with van der Waals surface area (Å²) in [5.74, 6) is 0.517. The largest absolute Gasteiger partial charge is 0.306 e. The predicted molar refractivity (Wildman–Crippen MR) is 93.9 cm³/mol. The van der Waals surface area contributed by atoms with Crippen LogP contribution in [0.5, 0.6) is 0 Å². The van der Waals surface area contributed by atoms with Gasteiger partial charge in [0.1, 0.15) is 10.7 Å². The van der Waals surface area contributed by atoms with Gasteiger partial charge < -0.3 is 4.98 Å². The smallest absolute Gasteiger partial charge is 0.260 e. The Kier molecular flexibility index (Phi) is 3.44. The predicted octanol–water partition coefficient (Wildman–Crippen LogP) is 4.37. The van der Waals surface area contributed by atoms with E-state index in [2.05, 4.69) is 15.0 Å². The van der Waals surface area contributed by atoms with Crippen molar-refractivity contribution in [2.75, 3.05) is 0 Å². The number of pyridine rings is 1. The molecule has 112 valence electrons. The van der Waals surface area contributed by atoms with Crippen LogP contribution >= 0.6 is 22.9 Å². The van der Waals surface area contributed by atoms with Crippen molar-refractivity contribution in [1.82, 2.24) is 15.0 Å². The Labute approximate surface area is 140 Å². The van der Waals surface area contributed by atoms with Crippen LogP contribution in [-0.2, 0) is 0 Å². The maximum atomic E-state index is 12.6. The quantitative estimate of drug-likeness (QED) is 0.590. The molecule has 1 N–H and O–H groups in total. The maximum Gasteiger partial charge on any atom is 0.260 e. The summed E-state index contributed by atoms with van der Waals surface area (Å²) in [5, 5.41) is 3.10. The molecule has 0 unspecified atom stereocenters. The highest BCUT2D eigenvalue weighted by atomic mass is 35.5. The lowest BCUT2D eigenvalue weighted by Gasteiger charge is -2.03. The zero-order valence-corrected chi connectivity index (χ0v) is 13.4. The molecule has 0 saturated carbocycles. The fourth-order valence-corrected chi connectivity index (χ4v) is 3.64. The molecule has 4 aromatic rings. The van der Waals surface area contributed by atoms with Crippen LogP contribution < -0.4 is 5.56 Å². The van der Waals surface area contributed by atoms with Crippen LogP contribution in [0.1, 0.15) is 0 Å². The fraction of sp³-hybridized carbons (Fsp3) is 0. The monoisotopic (exact) mass is 339 g/mol. The molecule has 0 aliphatic rings. The van der Waals surface area contributed by atoms with Crippen LogP contribution in [-0.4, -0.2) is 15.0 Å². The second-order valence-electron chi connectivity index (χ2n) is 4.97. The van der Waals surface area contributed by atoms with E-state index in [4.69, 9.17) is 11.6 Å². The third kappa shape index (κ3) is 2.44. The topological polar surface area (TPSA) is 58.6 Å². The van der Waals surface area contributed by atoms with Crippen molar-refractivity contribution in [3.63, 3.8) is 0 Å². The minimum absolute atomic E-state index is 0.176. The molecule has 4 rings (SSSR count). The van der Waals surface area contributed by atoms with Gasteiger partial charge in [-0.15, -0.1) is 11.3 Å². The number of thiophene rings is 1. The summed E-state index contributed by atoms with van der Waals surface area (Å²) < 4.78 is 0. The highest BCUT2D eigenvalue weighted by Crippen LogP contribution is 2.35. The molecule has 0 amide bonds. The average molecular weight is 340 g/mol. The number of nitrogens with one attached hydrogen (secondary N) is 1. The molecular weight excluding hydrogens is 330 g/mol. The molecule has 0 spiro atoms. The van der Waals surface area contributed by atoms with E-state index in [1.165, 1.54) is 11.3 Å². The number of rotatable bonds is 2. The number of hydrogen-bond donors (Lipinski definition) is 1. The van der Waals surface area contributed by atoms with Gasteiger partial charge in [0.15, 0.2) is 0 Å². The van der Waals surface area contributed by atoms with Gasteiger partial charge in [0.25, 0.3) is 5.56 Å². The maximum absolute atomic E-state index is 12.6. The first-order chi connectivity index (χ1) is 11.2. The summed E-state index contributed by atoms with van der Waals surface area (Å²) in [6, 6.07) is 11.1. The first kappa shape index (κ1) is 14.1. The van der Waals surface area contributed by atoms with E-state index in [0.717, 1.165) is 16.7 Å². The molecule has 0 radical (unpaired) electrons. The first-order valence-corrected chi connectivity index (χ1v) is 8.16. The van der Waals surface area contributed by atoms with Gasteiger partial charge in [-0.25, -0.2) is 4.98 Å². The summed E-state index contributed by atoms with van der Waals surface area (Å²) >= 11 is 7.69. The molecule has 0 fully saturated rings. The Bertz CT molecular complexity index is 1060. The van der Waals surface area contributed by atoms with Gasteiger partial charge in [-0.05, 0) is 18.2 Å². The Morgan fingerprint density at radius 3 is 2.74 bits per heavy atom. The summed E-state index contributed by atoms with van der Waals surface area (Å²) in [5.41, 5.74) is 2.24. The highest BCUT2D eigenvalue weighted by molar-refractivity contribution is 7.17. The Morgan fingerprint density at radius 1 is 1.09 bits per heavy atom. The van der Waals surface area contributed by atoms with Crippen LogP contribution in [0.4, 0.5) is 0 Å². The minimum Gasteiger partial charge on any atom is -0.306 e. The van der Waals surface area contributed by atoms with Gasteiger partial charge in [0.2, 0.25) is 0 Å². The third-order valence-electron chi connectivity index (χ3n) is 3.54. The van der Waals surface area contributed by atoms with Gasteiger partial charge >= 0.3 is 0 Å². The number of aromatic nitrogens is 3. The van der Waals surface area contributed by atoms with Gasteiger partial charge in [-0.2, -0.15) is 0 Å². The normalized spacial score (nSPS) is 11.0. The van der Waals surface area contributed by atoms with E-state index in [1.54, 1.807) is 12.4 Å². The zero-order valence-electron chi connectivity index (χ0n) is 11.8. The first-order valence-electron chi connectivity index (χ1n) is 6.91. The number of fused-ring (bicyclic) bond motifs is 1. The van der Waals surface area contributed by atoms with Gasteiger partial charge in [0, 0.05) is 39.5 Å². The number of hydrogen-bond acceptors (Lipinski definition) is 4. The summed E-state index contributed by atoms with van der Waals surface area (Å²) in [6.45, 7) is 0. The van der Waals surface area contributed by atoms with Gasteiger partial charge in [0.05, 0.1) is 5.39 Å². The van der Waals surface area contributed by atoms with Crippen LogP contribution in [0, 0.1) is 0 Å². The lowest BCUT2D eigenvalue weighted by molar-refractivity contribution is 1.17. The Morgan fingerprint density at radius 2 is 1.96 bits per heavy atom. The summed E-state index contributed by atoms with van der Waals surface area (Å²) in [7, 11) is 0. The van der Waals surface area contributed by atoms with Crippen molar-refractivity contribution in [2.45, 2.75) is 0 Å². The molecule has 0 saturated heterocycles. The minimum atomic E-state index is -0.176. The number of aromatic amines is 1. The lowest BCUT2D eigenvalue weighted by atomic mass is 10.1. The van der Waals surface area contributed by atoms with Crippen molar-refractivity contribution >= 4 is 33.2 Å². The fourth-order valence-electron chi connectivity index (χ4n) is 2.47. The molecule has 3 heterocycles. The standard InChI is InChI=1S/C17H10ClN3OS/c18-13-6-2-1-5-11(13)12-9-23-17-14(12)16(22)20-15(21-17)10-4-3-7-19-8-10/h1-9H,(H,20,21,22). The van der Waals surface area contributed by atoms with E-state index in [1.807, 2.05) is 41.8 Å². The molecule has 0 bridgehead atoms. The van der Waals surface area contributed by atoms with Crippen molar-refractivity contribution in [2.24, 2.45) is 0 Å². The van der Waals surface area contributed by atoms with Crippen LogP contribution in [0.2, 0.25) is 5.02 Å². The SMILES string of the molecule is O=c1[nH]c(-c2cccnc2)nc2scc(-c3ccccc3Cl)c12. The molecule has 0 aliphatic carbocycles. The molecule has 1 aromatic carbocycles. The average Bonchev–Trinajstić information content (AvgIpc) is 3.00. The molecule has 6 heteroatoms. The Hall–Kier alpha value is -2.50. The second kappa shape index (κ2) is 5.61. The van der Waals surface area contributed by atoms with Gasteiger partial charge in [-0.3, -0.25) is 9.78 Å². The summed E-state index contributed by atoms with van der Waals surface area (Å²) in [6.07, 6.45) is 3.35. The zero-order chi connectivity index (χ0) is 15.8. The van der Waals surface area contributed by atoms with E-state index in [9.17, 15) is 4.79 Å². The molecule has 4 nitrogen and oxygen atoms in total. The number of halogens is 1. The molecular formula is C17H10ClN3OS. The number of H-pyrrole nitrogens is 1. The van der Waals surface area contributed by atoms with Crippen molar-refractivity contribution in [3.8, 4) is 22.5 Å². The highest BCUT2D eigenvalue weighted by Gasteiger charge is 2.15. The lowest BCUT2D eigenvalue weighted by Crippen LogP contribution is -2.09. The van der Waals surface area contributed by atoms with E-state index in [0.29, 0.717) is 21.1 Å². The van der Waals surface area contributed by atoms with Crippen molar-refractivity contribution in [1.29, 1.82) is 0 Å². The second-order valence-corrected chi connectivity index (χ2v) is 6.23. The van der Waals surface area contributed by atoms with Crippen molar-refractivity contribution < 1.29 is 0 Å². The van der Waals surface area contributed by atoms with Crippen LogP contribution in [0.25, 0.3) is 32.7 Å². The van der Waals surface area contributed by atoms with E-state index >= 15 is 0 Å². The number of nitrogens with zero attached hydrogens (tertiary/aromatic N) is 2. The van der Waals surface area contributed by atoms with E-state index < -0.39 is 0 Å².